The van der Waals surface area contributed by atoms with E-state index in [1.54, 1.807) is 6.07 Å². The molecule has 1 aliphatic rings. The van der Waals surface area contributed by atoms with E-state index in [1.165, 1.54) is 25.3 Å². The highest BCUT2D eigenvalue weighted by atomic mass is 79.9. The summed E-state index contributed by atoms with van der Waals surface area (Å²) in [7, 11) is 0. The zero-order valence-electron chi connectivity index (χ0n) is 8.10. The lowest BCUT2D eigenvalue weighted by atomic mass is 9.86. The standard InChI is InChI=1S/C11H11BrClFO/c12-8-4-9(13)11(10(14)5-8)15-6-7-2-1-3-7/h4-5,7H,1-3,6H2. The first-order valence-corrected chi connectivity index (χ1v) is 6.11. The van der Waals surface area contributed by atoms with Crippen LogP contribution in [0.25, 0.3) is 0 Å². The summed E-state index contributed by atoms with van der Waals surface area (Å²) in [6, 6.07) is 3.00. The van der Waals surface area contributed by atoms with Crippen molar-refractivity contribution >= 4 is 27.5 Å². The highest BCUT2D eigenvalue weighted by molar-refractivity contribution is 9.10. The van der Waals surface area contributed by atoms with Crippen LogP contribution in [0.15, 0.2) is 16.6 Å². The molecule has 0 radical (unpaired) electrons. The molecule has 0 unspecified atom stereocenters. The summed E-state index contributed by atoms with van der Waals surface area (Å²) in [5.41, 5.74) is 0. The second kappa shape index (κ2) is 4.71. The number of rotatable bonds is 3. The highest BCUT2D eigenvalue weighted by Crippen LogP contribution is 2.33. The van der Waals surface area contributed by atoms with Crippen LogP contribution in [0.3, 0.4) is 0 Å². The van der Waals surface area contributed by atoms with Gasteiger partial charge in [-0.2, -0.15) is 0 Å². The van der Waals surface area contributed by atoms with Crippen molar-refractivity contribution in [1.29, 1.82) is 0 Å². The maximum absolute atomic E-state index is 13.4. The number of benzene rings is 1. The van der Waals surface area contributed by atoms with Gasteiger partial charge >= 0.3 is 0 Å². The molecule has 0 spiro atoms. The minimum atomic E-state index is -0.409. The van der Waals surface area contributed by atoms with E-state index in [0.717, 1.165) is 0 Å². The third-order valence-electron chi connectivity index (χ3n) is 2.65. The van der Waals surface area contributed by atoms with Crippen LogP contribution in [0.2, 0.25) is 5.02 Å². The minimum absolute atomic E-state index is 0.173. The molecule has 15 heavy (non-hydrogen) atoms. The van der Waals surface area contributed by atoms with Gasteiger partial charge in [0.1, 0.15) is 0 Å². The molecule has 1 aromatic carbocycles. The zero-order valence-corrected chi connectivity index (χ0v) is 10.4. The molecule has 1 fully saturated rings. The summed E-state index contributed by atoms with van der Waals surface area (Å²) in [5.74, 6) is 0.338. The molecule has 1 nitrogen and oxygen atoms in total. The largest absolute Gasteiger partial charge is 0.489 e. The monoisotopic (exact) mass is 292 g/mol. The van der Waals surface area contributed by atoms with Crippen molar-refractivity contribution in [2.45, 2.75) is 19.3 Å². The predicted molar refractivity (Wildman–Crippen MR) is 61.9 cm³/mol. The predicted octanol–water partition coefficient (Wildman–Crippen LogP) is 4.42. The zero-order chi connectivity index (χ0) is 10.8. The van der Waals surface area contributed by atoms with Crippen LogP contribution >= 0.6 is 27.5 Å². The van der Waals surface area contributed by atoms with Crippen LogP contribution in [-0.4, -0.2) is 6.61 Å². The van der Waals surface area contributed by atoms with Gasteiger partial charge in [-0.1, -0.05) is 34.0 Å². The number of hydrogen-bond donors (Lipinski definition) is 0. The van der Waals surface area contributed by atoms with Gasteiger partial charge in [0.25, 0.3) is 0 Å². The topological polar surface area (TPSA) is 9.23 Å². The molecule has 0 aromatic heterocycles. The van der Waals surface area contributed by atoms with Crippen LogP contribution in [0.5, 0.6) is 5.75 Å². The minimum Gasteiger partial charge on any atom is -0.489 e. The van der Waals surface area contributed by atoms with Gasteiger partial charge in [-0.15, -0.1) is 0 Å². The summed E-state index contributed by atoms with van der Waals surface area (Å²) < 4.78 is 19.5. The van der Waals surface area contributed by atoms with Crippen LogP contribution in [0.1, 0.15) is 19.3 Å². The molecule has 0 heterocycles. The summed E-state index contributed by atoms with van der Waals surface area (Å²) in [5, 5.41) is 0.321. The fourth-order valence-corrected chi connectivity index (χ4v) is 2.35. The van der Waals surface area contributed by atoms with Gasteiger partial charge < -0.3 is 4.74 Å². The SMILES string of the molecule is Fc1cc(Br)cc(Cl)c1OCC1CCC1. The fraction of sp³-hybridized carbons (Fsp3) is 0.455. The van der Waals surface area contributed by atoms with Crippen LogP contribution < -0.4 is 4.74 Å². The van der Waals surface area contributed by atoms with Crippen molar-refractivity contribution in [3.8, 4) is 5.75 Å². The normalized spacial score (nSPS) is 16.2. The molecule has 1 saturated carbocycles. The molecule has 0 saturated heterocycles. The second-order valence-electron chi connectivity index (χ2n) is 3.81. The Morgan fingerprint density at radius 1 is 1.47 bits per heavy atom. The first kappa shape index (κ1) is 11.2. The molecule has 4 heteroatoms. The van der Waals surface area contributed by atoms with Gasteiger partial charge in [0, 0.05) is 4.47 Å². The van der Waals surface area contributed by atoms with Gasteiger partial charge in [0.15, 0.2) is 11.6 Å². The molecule has 0 amide bonds. The Kier molecular flexibility index (Phi) is 3.52. The van der Waals surface area contributed by atoms with Crippen molar-refractivity contribution < 1.29 is 9.13 Å². The number of hydrogen-bond acceptors (Lipinski definition) is 1. The molecule has 82 valence electrons. The number of halogens is 3. The molecule has 0 atom stereocenters. The van der Waals surface area contributed by atoms with Crippen molar-refractivity contribution in [3.05, 3.63) is 27.4 Å². The van der Waals surface area contributed by atoms with Gasteiger partial charge in [-0.05, 0) is 30.9 Å². The Labute approximate surface area is 102 Å². The van der Waals surface area contributed by atoms with E-state index in [1.807, 2.05) is 0 Å². The molecular formula is C11H11BrClFO. The first-order chi connectivity index (χ1) is 7.16. The fourth-order valence-electron chi connectivity index (χ4n) is 1.53. The maximum atomic E-state index is 13.4. The lowest BCUT2D eigenvalue weighted by molar-refractivity contribution is 0.175. The Bertz CT molecular complexity index is 343. The first-order valence-electron chi connectivity index (χ1n) is 4.94. The van der Waals surface area contributed by atoms with Gasteiger partial charge in [-0.3, -0.25) is 0 Å². The Morgan fingerprint density at radius 3 is 2.73 bits per heavy atom. The summed E-state index contributed by atoms with van der Waals surface area (Å²) in [6.07, 6.45) is 3.61. The van der Waals surface area contributed by atoms with Crippen molar-refractivity contribution in [2.24, 2.45) is 5.92 Å². The summed E-state index contributed by atoms with van der Waals surface area (Å²) in [4.78, 5) is 0. The van der Waals surface area contributed by atoms with Crippen LogP contribution in [0, 0.1) is 11.7 Å². The number of ether oxygens (including phenoxy) is 1. The Hall–Kier alpha value is -0.280. The van der Waals surface area contributed by atoms with E-state index in [9.17, 15) is 4.39 Å². The maximum Gasteiger partial charge on any atom is 0.173 e. The third-order valence-corrected chi connectivity index (χ3v) is 3.39. The molecular weight excluding hydrogens is 282 g/mol. The van der Waals surface area contributed by atoms with E-state index in [4.69, 9.17) is 16.3 Å². The molecule has 0 aliphatic heterocycles. The molecule has 2 rings (SSSR count). The summed E-state index contributed by atoms with van der Waals surface area (Å²) in [6.45, 7) is 0.568. The quantitative estimate of drug-likeness (QED) is 0.801. The molecule has 0 N–H and O–H groups in total. The lowest BCUT2D eigenvalue weighted by Crippen LogP contribution is -2.19. The second-order valence-corrected chi connectivity index (χ2v) is 5.13. The van der Waals surface area contributed by atoms with E-state index in [-0.39, 0.29) is 5.75 Å². The average molecular weight is 294 g/mol. The van der Waals surface area contributed by atoms with E-state index in [0.29, 0.717) is 22.0 Å². The smallest absolute Gasteiger partial charge is 0.173 e. The average Bonchev–Trinajstić information content (AvgIpc) is 2.06. The van der Waals surface area contributed by atoms with Crippen LogP contribution in [-0.2, 0) is 0 Å². The summed E-state index contributed by atoms with van der Waals surface area (Å²) >= 11 is 9.06. The highest BCUT2D eigenvalue weighted by Gasteiger charge is 2.19. The van der Waals surface area contributed by atoms with Crippen molar-refractivity contribution in [3.63, 3.8) is 0 Å². The van der Waals surface area contributed by atoms with Crippen LogP contribution in [0.4, 0.5) is 4.39 Å². The van der Waals surface area contributed by atoms with Gasteiger partial charge in [-0.25, -0.2) is 4.39 Å². The van der Waals surface area contributed by atoms with Gasteiger partial charge in [0.2, 0.25) is 0 Å². The van der Waals surface area contributed by atoms with E-state index >= 15 is 0 Å². The molecule has 1 aliphatic carbocycles. The molecule has 0 bridgehead atoms. The third kappa shape index (κ3) is 2.64. The van der Waals surface area contributed by atoms with E-state index < -0.39 is 5.82 Å². The van der Waals surface area contributed by atoms with Crippen molar-refractivity contribution in [2.75, 3.05) is 6.61 Å². The Morgan fingerprint density at radius 2 is 2.20 bits per heavy atom. The van der Waals surface area contributed by atoms with E-state index in [2.05, 4.69) is 15.9 Å². The van der Waals surface area contributed by atoms with Crippen molar-refractivity contribution in [1.82, 2.24) is 0 Å². The van der Waals surface area contributed by atoms with Gasteiger partial charge in [0.05, 0.1) is 11.6 Å². The molecule has 1 aromatic rings. The Balaban J connectivity index is 2.05. The lowest BCUT2D eigenvalue weighted by Gasteiger charge is -2.25.